The summed E-state index contributed by atoms with van der Waals surface area (Å²) in [6.45, 7) is 0.441. The Kier molecular flexibility index (Phi) is 2.09. The first-order chi connectivity index (χ1) is 6.40. The highest BCUT2D eigenvalue weighted by Gasteiger charge is 2.03. The van der Waals surface area contributed by atoms with Gasteiger partial charge in [0.25, 0.3) is 0 Å². The van der Waals surface area contributed by atoms with Crippen LogP contribution in [0.4, 0.5) is 0 Å². The maximum atomic E-state index is 8.88. The van der Waals surface area contributed by atoms with E-state index >= 15 is 0 Å². The molecule has 5 heteroatoms. The van der Waals surface area contributed by atoms with Crippen molar-refractivity contribution in [2.24, 2.45) is 0 Å². The van der Waals surface area contributed by atoms with Crippen LogP contribution in [0.2, 0.25) is 0 Å². The van der Waals surface area contributed by atoms with Crippen molar-refractivity contribution in [1.82, 2.24) is 14.8 Å². The van der Waals surface area contributed by atoms with E-state index in [0.29, 0.717) is 12.4 Å². The summed E-state index contributed by atoms with van der Waals surface area (Å²) in [5, 5.41) is 16.3. The molecule has 0 amide bonds. The Bertz CT molecular complexity index is 366. The number of hydrogen-bond donors (Lipinski definition) is 1. The first-order valence-corrected chi connectivity index (χ1v) is 3.90. The first-order valence-electron chi connectivity index (χ1n) is 3.90. The maximum Gasteiger partial charge on any atom is 0.159 e. The van der Waals surface area contributed by atoms with Gasteiger partial charge in [-0.05, 0) is 12.1 Å². The van der Waals surface area contributed by atoms with Crippen molar-refractivity contribution < 1.29 is 9.52 Å². The van der Waals surface area contributed by atoms with Crippen molar-refractivity contribution in [3.63, 3.8) is 0 Å². The molecule has 0 aliphatic carbocycles. The largest absolute Gasteiger partial charge is 0.467 e. The van der Waals surface area contributed by atoms with Crippen molar-refractivity contribution in [3.8, 4) is 0 Å². The van der Waals surface area contributed by atoms with Crippen LogP contribution in [0.15, 0.2) is 29.1 Å². The fourth-order valence-electron chi connectivity index (χ4n) is 1.10. The molecule has 0 aliphatic heterocycles. The van der Waals surface area contributed by atoms with Gasteiger partial charge in [0.1, 0.15) is 18.7 Å². The van der Waals surface area contributed by atoms with E-state index in [0.717, 1.165) is 5.76 Å². The molecule has 68 valence electrons. The third-order valence-corrected chi connectivity index (χ3v) is 1.74. The molecule has 5 nitrogen and oxygen atoms in total. The zero-order valence-electron chi connectivity index (χ0n) is 6.92. The Labute approximate surface area is 74.6 Å². The molecule has 0 aromatic carbocycles. The first kappa shape index (κ1) is 8.00. The van der Waals surface area contributed by atoms with Gasteiger partial charge in [0.05, 0.1) is 12.8 Å². The van der Waals surface area contributed by atoms with Crippen LogP contribution >= 0.6 is 0 Å². The molecule has 13 heavy (non-hydrogen) atoms. The van der Waals surface area contributed by atoms with E-state index in [1.54, 1.807) is 17.2 Å². The number of aromatic nitrogens is 3. The van der Waals surface area contributed by atoms with Crippen LogP contribution in [0, 0.1) is 0 Å². The number of nitrogens with zero attached hydrogens (tertiary/aromatic N) is 3. The topological polar surface area (TPSA) is 64.1 Å². The molecule has 1 N–H and O–H groups in total. The monoisotopic (exact) mass is 179 g/mol. The fraction of sp³-hybridized carbons (Fsp3) is 0.250. The zero-order chi connectivity index (χ0) is 9.10. The highest BCUT2D eigenvalue weighted by Crippen LogP contribution is 2.04. The van der Waals surface area contributed by atoms with Crippen molar-refractivity contribution in [3.05, 3.63) is 36.3 Å². The van der Waals surface area contributed by atoms with Crippen LogP contribution in [0.1, 0.15) is 11.6 Å². The van der Waals surface area contributed by atoms with Crippen molar-refractivity contribution >= 4 is 0 Å². The summed E-state index contributed by atoms with van der Waals surface area (Å²) in [5.74, 6) is 1.35. The Morgan fingerprint density at radius 1 is 1.54 bits per heavy atom. The van der Waals surface area contributed by atoms with Gasteiger partial charge in [0.15, 0.2) is 5.82 Å². The minimum atomic E-state index is -0.110. The molecule has 0 spiro atoms. The molecule has 2 aromatic rings. The summed E-state index contributed by atoms with van der Waals surface area (Å²) < 4.78 is 6.88. The quantitative estimate of drug-likeness (QED) is 0.741. The van der Waals surface area contributed by atoms with Crippen LogP contribution in [0.25, 0.3) is 0 Å². The molecular weight excluding hydrogens is 170 g/mol. The summed E-state index contributed by atoms with van der Waals surface area (Å²) >= 11 is 0. The van der Waals surface area contributed by atoms with Crippen LogP contribution in [-0.4, -0.2) is 19.9 Å². The summed E-state index contributed by atoms with van der Waals surface area (Å²) in [6.07, 6.45) is 3.17. The standard InChI is InChI=1S/C8H9N3O2/c12-5-8-10-9-6-11(8)4-7-2-1-3-13-7/h1-3,6,12H,4-5H2. The van der Waals surface area contributed by atoms with Crippen LogP contribution in [0.3, 0.4) is 0 Å². The van der Waals surface area contributed by atoms with Gasteiger partial charge in [0, 0.05) is 0 Å². The molecule has 0 atom stereocenters. The number of furan rings is 1. The van der Waals surface area contributed by atoms with Gasteiger partial charge in [0.2, 0.25) is 0 Å². The van der Waals surface area contributed by atoms with Gasteiger partial charge in [-0.2, -0.15) is 0 Å². The van der Waals surface area contributed by atoms with Crippen molar-refractivity contribution in [2.45, 2.75) is 13.2 Å². The Hall–Kier alpha value is -1.62. The summed E-state index contributed by atoms with van der Waals surface area (Å²) in [5.41, 5.74) is 0. The molecule has 0 saturated heterocycles. The lowest BCUT2D eigenvalue weighted by Crippen LogP contribution is -2.03. The molecule has 0 fully saturated rings. The lowest BCUT2D eigenvalue weighted by atomic mass is 10.4. The average Bonchev–Trinajstić information content (AvgIpc) is 2.76. The van der Waals surface area contributed by atoms with Gasteiger partial charge >= 0.3 is 0 Å². The van der Waals surface area contributed by atoms with Crippen molar-refractivity contribution in [1.29, 1.82) is 0 Å². The fourth-order valence-corrected chi connectivity index (χ4v) is 1.10. The molecule has 0 unspecified atom stereocenters. The smallest absolute Gasteiger partial charge is 0.159 e. The predicted molar refractivity (Wildman–Crippen MR) is 43.8 cm³/mol. The maximum absolute atomic E-state index is 8.88. The highest BCUT2D eigenvalue weighted by atomic mass is 16.3. The van der Waals surface area contributed by atoms with Crippen LogP contribution in [0.5, 0.6) is 0 Å². The second-order valence-corrected chi connectivity index (χ2v) is 2.61. The van der Waals surface area contributed by atoms with Gasteiger partial charge in [-0.15, -0.1) is 10.2 Å². The Morgan fingerprint density at radius 3 is 3.15 bits per heavy atom. The van der Waals surface area contributed by atoms with E-state index in [2.05, 4.69) is 10.2 Å². The van der Waals surface area contributed by atoms with Crippen LogP contribution in [-0.2, 0) is 13.2 Å². The van der Waals surface area contributed by atoms with Gasteiger partial charge in [-0.3, -0.25) is 0 Å². The zero-order valence-corrected chi connectivity index (χ0v) is 6.92. The lowest BCUT2D eigenvalue weighted by molar-refractivity contribution is 0.264. The molecule has 0 radical (unpaired) electrons. The number of hydrogen-bond acceptors (Lipinski definition) is 4. The average molecular weight is 179 g/mol. The van der Waals surface area contributed by atoms with E-state index < -0.39 is 0 Å². The Balaban J connectivity index is 2.18. The summed E-state index contributed by atoms with van der Waals surface area (Å²) in [6, 6.07) is 3.68. The molecule has 0 aliphatic rings. The van der Waals surface area contributed by atoms with E-state index in [1.165, 1.54) is 0 Å². The van der Waals surface area contributed by atoms with E-state index in [4.69, 9.17) is 9.52 Å². The third kappa shape index (κ3) is 1.59. The third-order valence-electron chi connectivity index (χ3n) is 1.74. The summed E-state index contributed by atoms with van der Waals surface area (Å²) in [4.78, 5) is 0. The van der Waals surface area contributed by atoms with Crippen molar-refractivity contribution in [2.75, 3.05) is 0 Å². The number of aliphatic hydroxyl groups excluding tert-OH is 1. The summed E-state index contributed by atoms with van der Waals surface area (Å²) in [7, 11) is 0. The second kappa shape index (κ2) is 3.40. The van der Waals surface area contributed by atoms with Gasteiger partial charge in [-0.1, -0.05) is 0 Å². The second-order valence-electron chi connectivity index (χ2n) is 2.61. The lowest BCUT2D eigenvalue weighted by Gasteiger charge is -2.00. The molecule has 2 rings (SSSR count). The highest BCUT2D eigenvalue weighted by molar-refractivity contribution is 5.00. The van der Waals surface area contributed by atoms with E-state index in [1.807, 2.05) is 12.1 Å². The SMILES string of the molecule is OCc1nncn1Cc1ccco1. The predicted octanol–water partition coefficient (Wildman–Crippen LogP) is 0.412. The van der Waals surface area contributed by atoms with Gasteiger partial charge in [-0.25, -0.2) is 0 Å². The molecule has 0 bridgehead atoms. The minimum Gasteiger partial charge on any atom is -0.467 e. The van der Waals surface area contributed by atoms with E-state index in [-0.39, 0.29) is 6.61 Å². The number of rotatable bonds is 3. The normalized spacial score (nSPS) is 10.5. The number of aliphatic hydroxyl groups is 1. The molecule has 0 saturated carbocycles. The molecule has 2 heterocycles. The molecule has 2 aromatic heterocycles. The minimum absolute atomic E-state index is 0.110. The van der Waals surface area contributed by atoms with E-state index in [9.17, 15) is 0 Å². The van der Waals surface area contributed by atoms with Gasteiger partial charge < -0.3 is 14.1 Å². The molecular formula is C8H9N3O2. The van der Waals surface area contributed by atoms with Crippen LogP contribution < -0.4 is 0 Å². The Morgan fingerprint density at radius 2 is 2.46 bits per heavy atom.